The molecule has 0 saturated heterocycles. The van der Waals surface area contributed by atoms with Crippen LogP contribution in [0.25, 0.3) is 11.1 Å². The molecule has 0 amide bonds. The zero-order valence-corrected chi connectivity index (χ0v) is 27.0. The third-order valence-corrected chi connectivity index (χ3v) is 7.60. The summed E-state index contributed by atoms with van der Waals surface area (Å²) in [4.78, 5) is 24.6. The zero-order valence-electron chi connectivity index (χ0n) is 27.0. The molecule has 0 saturated carbocycles. The minimum atomic E-state index is -1.02. The average Bonchev–Trinajstić information content (AvgIpc) is 3.06. The maximum absolute atomic E-state index is 12.7. The molecule has 2 N–H and O–H groups in total. The van der Waals surface area contributed by atoms with Crippen molar-refractivity contribution in [2.45, 2.75) is 65.1 Å². The highest BCUT2D eigenvalue weighted by atomic mass is 16.6. The van der Waals surface area contributed by atoms with Crippen molar-refractivity contribution in [1.82, 2.24) is 0 Å². The second-order valence-corrected chi connectivity index (χ2v) is 11.3. The fourth-order valence-electron chi connectivity index (χ4n) is 4.92. The minimum Gasteiger partial charge on any atom is -0.496 e. The van der Waals surface area contributed by atoms with Gasteiger partial charge in [0.1, 0.15) is 18.1 Å². The van der Waals surface area contributed by atoms with E-state index in [0.717, 1.165) is 34.3 Å². The number of rotatable bonds is 19. The standard InChI is InChI=1S/C37H46O9/c1-6-34(38)43-20-18-28-10-8-26(22-30(28)19-21-44-35(39)7-2)9-17-36(40)46-32-15-13-27(14-16-32)29-11-12-31(33(23-29)42-5)24-45-37(41)25(3)4/h6-8,10-16,23,25,30,34-35,38-39H,1-2,9,17-22,24H2,3-5H3. The Labute approximate surface area is 271 Å². The minimum absolute atomic E-state index is 0.134. The molecule has 3 rings (SSSR count). The Kier molecular flexibility index (Phi) is 14.9. The Bertz CT molecular complexity index is 1370. The van der Waals surface area contributed by atoms with E-state index in [1.54, 1.807) is 33.1 Å². The van der Waals surface area contributed by atoms with Crippen molar-refractivity contribution in [3.05, 3.63) is 96.6 Å². The van der Waals surface area contributed by atoms with Crippen LogP contribution in [0.4, 0.5) is 0 Å². The summed E-state index contributed by atoms with van der Waals surface area (Å²) in [5.41, 5.74) is 4.87. The number of hydrogen-bond donors (Lipinski definition) is 2. The third kappa shape index (κ3) is 11.7. The second-order valence-electron chi connectivity index (χ2n) is 11.3. The predicted octanol–water partition coefficient (Wildman–Crippen LogP) is 6.44. The molecule has 2 aromatic rings. The van der Waals surface area contributed by atoms with E-state index in [-0.39, 0.29) is 36.8 Å². The molecule has 0 aliphatic heterocycles. The highest BCUT2D eigenvalue weighted by Gasteiger charge is 2.21. The lowest BCUT2D eigenvalue weighted by Gasteiger charge is -2.26. The molecule has 248 valence electrons. The van der Waals surface area contributed by atoms with Crippen molar-refractivity contribution in [2.24, 2.45) is 11.8 Å². The molecule has 3 atom stereocenters. The fraction of sp³-hybridized carbons (Fsp3) is 0.405. The van der Waals surface area contributed by atoms with Crippen LogP contribution >= 0.6 is 0 Å². The van der Waals surface area contributed by atoms with Gasteiger partial charge >= 0.3 is 11.9 Å². The van der Waals surface area contributed by atoms with Crippen LogP contribution in [-0.4, -0.2) is 55.1 Å². The third-order valence-electron chi connectivity index (χ3n) is 7.60. The van der Waals surface area contributed by atoms with Gasteiger partial charge in [-0.2, -0.15) is 0 Å². The quantitative estimate of drug-likeness (QED) is 0.0778. The van der Waals surface area contributed by atoms with Gasteiger partial charge in [-0.05, 0) is 73.1 Å². The van der Waals surface area contributed by atoms with Crippen LogP contribution in [0.15, 0.2) is 91.1 Å². The topological polar surface area (TPSA) is 121 Å². The molecule has 2 aromatic carbocycles. The molecular weight excluding hydrogens is 588 g/mol. The maximum Gasteiger partial charge on any atom is 0.311 e. The van der Waals surface area contributed by atoms with Gasteiger partial charge in [0.25, 0.3) is 0 Å². The van der Waals surface area contributed by atoms with Crippen molar-refractivity contribution in [1.29, 1.82) is 0 Å². The summed E-state index contributed by atoms with van der Waals surface area (Å²) in [5, 5.41) is 19.3. The molecule has 0 heterocycles. The van der Waals surface area contributed by atoms with Crippen LogP contribution in [0, 0.1) is 11.8 Å². The molecule has 9 nitrogen and oxygen atoms in total. The first-order valence-corrected chi connectivity index (χ1v) is 15.5. The number of benzene rings is 2. The number of allylic oxidation sites excluding steroid dienone is 3. The molecule has 0 fully saturated rings. The van der Waals surface area contributed by atoms with Crippen molar-refractivity contribution in [2.75, 3.05) is 20.3 Å². The van der Waals surface area contributed by atoms with Gasteiger partial charge < -0.3 is 33.9 Å². The van der Waals surface area contributed by atoms with Crippen LogP contribution in [0.3, 0.4) is 0 Å². The van der Waals surface area contributed by atoms with E-state index in [1.165, 1.54) is 12.2 Å². The molecule has 0 bridgehead atoms. The zero-order chi connectivity index (χ0) is 33.5. The Morgan fingerprint density at radius 3 is 2.26 bits per heavy atom. The summed E-state index contributed by atoms with van der Waals surface area (Å²) in [6.45, 7) is 11.4. The van der Waals surface area contributed by atoms with Gasteiger partial charge in [0.05, 0.1) is 26.2 Å². The van der Waals surface area contributed by atoms with Gasteiger partial charge in [-0.1, -0.05) is 74.6 Å². The lowest BCUT2D eigenvalue weighted by atomic mass is 9.82. The summed E-state index contributed by atoms with van der Waals surface area (Å²) in [5.74, 6) is 0.420. The van der Waals surface area contributed by atoms with E-state index in [2.05, 4.69) is 13.2 Å². The van der Waals surface area contributed by atoms with Gasteiger partial charge in [0, 0.05) is 12.0 Å². The van der Waals surface area contributed by atoms with E-state index >= 15 is 0 Å². The summed E-state index contributed by atoms with van der Waals surface area (Å²) in [6, 6.07) is 12.9. The SMILES string of the molecule is C=CC(O)OCCC1=CC=C(CCC(=O)Oc2ccc(-c3ccc(COC(=O)C(C)C)c(OC)c3)cc2)CC1CCOC(O)C=C. The van der Waals surface area contributed by atoms with E-state index in [4.69, 9.17) is 23.7 Å². The number of carbonyl (C=O) groups is 2. The number of aliphatic hydroxyl groups is 2. The Morgan fingerprint density at radius 2 is 1.61 bits per heavy atom. The van der Waals surface area contributed by atoms with Gasteiger partial charge in [-0.15, -0.1) is 0 Å². The smallest absolute Gasteiger partial charge is 0.311 e. The molecule has 1 aliphatic carbocycles. The van der Waals surface area contributed by atoms with Crippen molar-refractivity contribution in [3.8, 4) is 22.6 Å². The highest BCUT2D eigenvalue weighted by Crippen LogP contribution is 2.33. The molecule has 9 heteroatoms. The molecular formula is C37H46O9. The largest absolute Gasteiger partial charge is 0.496 e. The Morgan fingerprint density at radius 1 is 0.935 bits per heavy atom. The van der Waals surface area contributed by atoms with Gasteiger partial charge in [0.2, 0.25) is 0 Å². The molecule has 46 heavy (non-hydrogen) atoms. The van der Waals surface area contributed by atoms with Crippen LogP contribution in [-0.2, 0) is 30.4 Å². The first-order chi connectivity index (χ1) is 22.1. The lowest BCUT2D eigenvalue weighted by molar-refractivity contribution is -0.148. The Hall–Kier alpha value is -4.02. The molecule has 0 aromatic heterocycles. The van der Waals surface area contributed by atoms with E-state index < -0.39 is 12.6 Å². The lowest BCUT2D eigenvalue weighted by Crippen LogP contribution is -2.18. The number of esters is 2. The van der Waals surface area contributed by atoms with Crippen LogP contribution in [0.5, 0.6) is 11.5 Å². The molecule has 3 unspecified atom stereocenters. The first kappa shape index (κ1) is 36.4. The number of hydrogen-bond acceptors (Lipinski definition) is 9. The van der Waals surface area contributed by atoms with E-state index in [0.29, 0.717) is 44.0 Å². The van der Waals surface area contributed by atoms with Gasteiger partial charge in [-0.3, -0.25) is 9.59 Å². The summed E-state index contributed by atoms with van der Waals surface area (Å²) in [7, 11) is 1.57. The first-order valence-electron chi connectivity index (χ1n) is 15.5. The van der Waals surface area contributed by atoms with Crippen molar-refractivity contribution in [3.63, 3.8) is 0 Å². The number of carbonyl (C=O) groups excluding carboxylic acids is 2. The summed E-state index contributed by atoms with van der Waals surface area (Å²) >= 11 is 0. The van der Waals surface area contributed by atoms with Gasteiger partial charge in [-0.25, -0.2) is 0 Å². The number of aliphatic hydroxyl groups excluding tert-OH is 2. The average molecular weight is 635 g/mol. The van der Waals surface area contributed by atoms with Crippen molar-refractivity contribution >= 4 is 11.9 Å². The summed E-state index contributed by atoms with van der Waals surface area (Å²) in [6.07, 6.45) is 7.54. The second kappa shape index (κ2) is 18.8. The summed E-state index contributed by atoms with van der Waals surface area (Å²) < 4.78 is 27.2. The monoisotopic (exact) mass is 634 g/mol. The van der Waals surface area contributed by atoms with E-state index in [1.807, 2.05) is 42.5 Å². The normalized spacial score (nSPS) is 15.7. The van der Waals surface area contributed by atoms with Crippen LogP contribution in [0.2, 0.25) is 0 Å². The van der Waals surface area contributed by atoms with Crippen LogP contribution in [0.1, 0.15) is 51.5 Å². The van der Waals surface area contributed by atoms with Crippen LogP contribution < -0.4 is 9.47 Å². The number of ether oxygens (including phenoxy) is 5. The van der Waals surface area contributed by atoms with E-state index in [9.17, 15) is 19.8 Å². The fourth-order valence-corrected chi connectivity index (χ4v) is 4.92. The number of methoxy groups -OCH3 is 1. The van der Waals surface area contributed by atoms with Gasteiger partial charge in [0.15, 0.2) is 12.6 Å². The molecule has 0 spiro atoms. The predicted molar refractivity (Wildman–Crippen MR) is 176 cm³/mol. The Balaban J connectivity index is 1.55. The maximum atomic E-state index is 12.7. The molecule has 1 aliphatic rings. The van der Waals surface area contributed by atoms with Crippen molar-refractivity contribution < 1.29 is 43.5 Å². The molecule has 0 radical (unpaired) electrons. The highest BCUT2D eigenvalue weighted by molar-refractivity contribution is 5.74.